The molecule has 0 spiro atoms. The van der Waals surface area contributed by atoms with Gasteiger partial charge >= 0.3 is 0 Å². The molecule has 0 aliphatic heterocycles. The largest absolute Gasteiger partial charge is 0.308 e. The molecule has 11 heavy (non-hydrogen) atoms. The van der Waals surface area contributed by atoms with Crippen molar-refractivity contribution in [3.8, 4) is 0 Å². The zero-order valence-electron chi connectivity index (χ0n) is 7.18. The summed E-state index contributed by atoms with van der Waals surface area (Å²) in [6.45, 7) is 2.94. The molecule has 1 fully saturated rings. The van der Waals surface area contributed by atoms with Crippen LogP contribution in [0.5, 0.6) is 0 Å². The molecule has 0 aromatic carbocycles. The van der Waals surface area contributed by atoms with Crippen molar-refractivity contribution in [2.24, 2.45) is 5.92 Å². The van der Waals surface area contributed by atoms with Crippen molar-refractivity contribution in [3.05, 3.63) is 0 Å². The average Bonchev–Trinajstić information content (AvgIpc) is 1.94. The van der Waals surface area contributed by atoms with Crippen LogP contribution in [0.25, 0.3) is 0 Å². The quantitative estimate of drug-likeness (QED) is 0.607. The van der Waals surface area contributed by atoms with Crippen LogP contribution < -0.4 is 5.32 Å². The molecule has 2 nitrogen and oxygen atoms in total. The molecule has 1 saturated carbocycles. The lowest BCUT2D eigenvalue weighted by Crippen LogP contribution is -2.33. The first kappa shape index (κ1) is 8.72. The molecule has 0 saturated heterocycles. The van der Waals surface area contributed by atoms with Crippen LogP contribution in [0.4, 0.5) is 0 Å². The molecule has 2 heteroatoms. The van der Waals surface area contributed by atoms with Gasteiger partial charge in [0.25, 0.3) is 0 Å². The summed E-state index contributed by atoms with van der Waals surface area (Å²) in [5.41, 5.74) is 0. The Morgan fingerprint density at radius 2 is 2.36 bits per heavy atom. The third-order valence-corrected chi connectivity index (χ3v) is 2.44. The van der Waals surface area contributed by atoms with Gasteiger partial charge in [-0.15, -0.1) is 0 Å². The Morgan fingerprint density at radius 3 is 2.73 bits per heavy atom. The molecule has 64 valence electrons. The van der Waals surface area contributed by atoms with Crippen LogP contribution in [0, 0.1) is 5.92 Å². The molecule has 1 N–H and O–H groups in total. The monoisotopic (exact) mass is 155 g/mol. The summed E-state index contributed by atoms with van der Waals surface area (Å²) >= 11 is 0. The van der Waals surface area contributed by atoms with Crippen molar-refractivity contribution >= 4 is 6.29 Å². The highest BCUT2D eigenvalue weighted by Gasteiger charge is 2.20. The molecule has 0 aromatic rings. The molecule has 1 atom stereocenters. The van der Waals surface area contributed by atoms with Gasteiger partial charge < -0.3 is 10.1 Å². The number of aldehydes is 1. The summed E-state index contributed by atoms with van der Waals surface area (Å²) in [6.07, 6.45) is 6.12. The van der Waals surface area contributed by atoms with E-state index in [0.717, 1.165) is 25.2 Å². The maximum Gasteiger partial charge on any atom is 0.136 e. The molecule has 0 bridgehead atoms. The molecule has 1 aliphatic rings. The number of carbonyl (C=O) groups is 1. The Bertz CT molecular complexity index is 121. The van der Waals surface area contributed by atoms with Crippen molar-refractivity contribution in [1.82, 2.24) is 5.32 Å². The van der Waals surface area contributed by atoms with Gasteiger partial charge in [-0.2, -0.15) is 0 Å². The maximum atomic E-state index is 10.5. The van der Waals surface area contributed by atoms with Gasteiger partial charge in [-0.25, -0.2) is 0 Å². The van der Waals surface area contributed by atoms with E-state index in [-0.39, 0.29) is 6.04 Å². The van der Waals surface area contributed by atoms with E-state index < -0.39 is 0 Å². The fraction of sp³-hybridized carbons (Fsp3) is 0.889. The van der Waals surface area contributed by atoms with Crippen LogP contribution in [-0.4, -0.2) is 18.9 Å². The van der Waals surface area contributed by atoms with E-state index in [4.69, 9.17) is 0 Å². The van der Waals surface area contributed by atoms with Crippen LogP contribution >= 0.6 is 0 Å². The van der Waals surface area contributed by atoms with Crippen molar-refractivity contribution in [1.29, 1.82) is 0 Å². The maximum absolute atomic E-state index is 10.5. The summed E-state index contributed by atoms with van der Waals surface area (Å²) in [4.78, 5) is 10.5. The lowest BCUT2D eigenvalue weighted by Gasteiger charge is -2.27. The Morgan fingerprint density at radius 1 is 1.64 bits per heavy atom. The third kappa shape index (κ3) is 2.62. The summed E-state index contributed by atoms with van der Waals surface area (Å²) in [7, 11) is 0. The Labute approximate surface area is 68.4 Å². The summed E-state index contributed by atoms with van der Waals surface area (Å²) < 4.78 is 0. The first-order valence-corrected chi connectivity index (χ1v) is 4.55. The zero-order chi connectivity index (χ0) is 8.10. The second kappa shape index (κ2) is 4.50. The Hall–Kier alpha value is -0.370. The molecule has 0 radical (unpaired) electrons. The highest BCUT2D eigenvalue weighted by Crippen LogP contribution is 2.29. The minimum absolute atomic E-state index is 0.116. The lowest BCUT2D eigenvalue weighted by molar-refractivity contribution is -0.110. The van der Waals surface area contributed by atoms with Gasteiger partial charge in [0.1, 0.15) is 6.29 Å². The van der Waals surface area contributed by atoms with E-state index in [9.17, 15) is 4.79 Å². The van der Waals surface area contributed by atoms with E-state index >= 15 is 0 Å². The molecule has 0 heterocycles. The number of rotatable bonds is 5. The Balaban J connectivity index is 2.13. The van der Waals surface area contributed by atoms with Crippen LogP contribution in [0.15, 0.2) is 0 Å². The fourth-order valence-corrected chi connectivity index (χ4v) is 1.54. The van der Waals surface area contributed by atoms with Crippen LogP contribution in [-0.2, 0) is 4.79 Å². The molecular weight excluding hydrogens is 138 g/mol. The smallest absolute Gasteiger partial charge is 0.136 e. The summed E-state index contributed by atoms with van der Waals surface area (Å²) in [6, 6.07) is 0.116. The number of nitrogens with one attached hydrogen (secondary N) is 1. The third-order valence-electron chi connectivity index (χ3n) is 2.44. The minimum atomic E-state index is 0.116. The highest BCUT2D eigenvalue weighted by molar-refractivity contribution is 5.57. The molecular formula is C9H17NO. The van der Waals surface area contributed by atoms with Crippen molar-refractivity contribution in [2.75, 3.05) is 6.54 Å². The molecule has 0 unspecified atom stereocenters. The number of hydrogen-bond donors (Lipinski definition) is 1. The topological polar surface area (TPSA) is 29.1 Å². The second-order valence-electron chi connectivity index (χ2n) is 3.33. The predicted octanol–water partition coefficient (Wildman–Crippen LogP) is 1.35. The minimum Gasteiger partial charge on any atom is -0.308 e. The molecule has 0 aromatic heterocycles. The van der Waals surface area contributed by atoms with E-state index in [0.29, 0.717) is 0 Å². The van der Waals surface area contributed by atoms with Crippen LogP contribution in [0.3, 0.4) is 0 Å². The molecule has 1 rings (SSSR count). The average molecular weight is 155 g/mol. The molecule has 1 aliphatic carbocycles. The van der Waals surface area contributed by atoms with Crippen LogP contribution in [0.2, 0.25) is 0 Å². The first-order chi connectivity index (χ1) is 5.36. The van der Waals surface area contributed by atoms with E-state index in [1.54, 1.807) is 0 Å². The fourth-order valence-electron chi connectivity index (χ4n) is 1.54. The van der Waals surface area contributed by atoms with Gasteiger partial charge in [-0.1, -0.05) is 26.2 Å². The second-order valence-corrected chi connectivity index (χ2v) is 3.33. The van der Waals surface area contributed by atoms with Gasteiger partial charge in [-0.3, -0.25) is 0 Å². The van der Waals surface area contributed by atoms with Gasteiger partial charge in [0, 0.05) is 0 Å². The normalized spacial score (nSPS) is 20.8. The highest BCUT2D eigenvalue weighted by atomic mass is 16.1. The molecule has 0 amide bonds. The Kier molecular flexibility index (Phi) is 3.57. The van der Waals surface area contributed by atoms with Crippen molar-refractivity contribution in [2.45, 2.75) is 38.6 Å². The van der Waals surface area contributed by atoms with Crippen LogP contribution in [0.1, 0.15) is 32.6 Å². The number of carbonyl (C=O) groups excluding carboxylic acids is 1. The predicted molar refractivity (Wildman–Crippen MR) is 45.5 cm³/mol. The summed E-state index contributed by atoms with van der Waals surface area (Å²) in [5, 5.41) is 3.16. The first-order valence-electron chi connectivity index (χ1n) is 4.55. The number of likely N-dealkylation sites (N-methyl/N-ethyl adjacent to an activating group) is 1. The standard InChI is InChI=1S/C9H17NO/c1-2-10-9(7-11)6-8-4-3-5-8/h7-10H,2-6H2,1H3/t9-/m0/s1. The van der Waals surface area contributed by atoms with E-state index in [1.165, 1.54) is 19.3 Å². The van der Waals surface area contributed by atoms with Crippen molar-refractivity contribution in [3.63, 3.8) is 0 Å². The van der Waals surface area contributed by atoms with Crippen molar-refractivity contribution < 1.29 is 4.79 Å². The van der Waals surface area contributed by atoms with Gasteiger partial charge in [0.15, 0.2) is 0 Å². The zero-order valence-corrected chi connectivity index (χ0v) is 7.18. The SMILES string of the molecule is CCN[C@H](C=O)CC1CCC1. The number of hydrogen-bond acceptors (Lipinski definition) is 2. The van der Waals surface area contributed by atoms with E-state index in [1.807, 2.05) is 6.92 Å². The van der Waals surface area contributed by atoms with Gasteiger partial charge in [0.2, 0.25) is 0 Å². The summed E-state index contributed by atoms with van der Waals surface area (Å²) in [5.74, 6) is 0.823. The van der Waals surface area contributed by atoms with Gasteiger partial charge in [0.05, 0.1) is 6.04 Å². The lowest BCUT2D eigenvalue weighted by atomic mass is 9.81. The van der Waals surface area contributed by atoms with E-state index in [2.05, 4.69) is 5.32 Å². The van der Waals surface area contributed by atoms with Gasteiger partial charge in [-0.05, 0) is 18.9 Å².